The molecular weight excluding hydrogens is 359 g/mol. The van der Waals surface area contributed by atoms with Crippen molar-refractivity contribution in [3.63, 3.8) is 0 Å². The first kappa shape index (κ1) is 24.0. The molecule has 144 valence electrons. The Labute approximate surface area is 164 Å². The SMILES string of the molecule is CCCN(CC)c1ccc(C(=O)N2CCCC(CNC)C2)cn1.Cl.Cl. The minimum Gasteiger partial charge on any atom is -0.357 e. The minimum absolute atomic E-state index is 0. The standard InChI is InChI=1S/C18H30N4O.2ClH/c1-4-10-21(5-2)17-9-8-16(13-20-17)18(23)22-11-6-7-15(14-22)12-19-3;;/h8-9,13,15,19H,4-7,10-12,14H2,1-3H3;2*1H. The molecule has 1 aromatic rings. The number of hydrogen-bond donors (Lipinski definition) is 1. The second-order valence-electron chi connectivity index (χ2n) is 6.30. The monoisotopic (exact) mass is 390 g/mol. The Hall–Kier alpha value is -1.04. The van der Waals surface area contributed by atoms with Crippen LogP contribution in [0.15, 0.2) is 18.3 Å². The number of nitrogens with zero attached hydrogens (tertiary/aromatic N) is 3. The van der Waals surface area contributed by atoms with E-state index in [0.717, 1.165) is 51.4 Å². The number of pyridine rings is 1. The first-order valence-electron chi connectivity index (χ1n) is 8.84. The second-order valence-corrected chi connectivity index (χ2v) is 6.30. The summed E-state index contributed by atoms with van der Waals surface area (Å²) in [5.74, 6) is 1.63. The lowest BCUT2D eigenvalue weighted by molar-refractivity contribution is 0.0674. The predicted octanol–water partition coefficient (Wildman–Crippen LogP) is 3.23. The third kappa shape index (κ3) is 6.65. The Morgan fingerprint density at radius 2 is 2.12 bits per heavy atom. The van der Waals surface area contributed by atoms with E-state index >= 15 is 0 Å². The summed E-state index contributed by atoms with van der Waals surface area (Å²) in [6, 6.07) is 3.89. The number of piperidine rings is 1. The van der Waals surface area contributed by atoms with E-state index < -0.39 is 0 Å². The zero-order valence-electron chi connectivity index (χ0n) is 15.5. The normalized spacial score (nSPS) is 16.6. The van der Waals surface area contributed by atoms with Crippen LogP contribution in [0.1, 0.15) is 43.5 Å². The molecule has 25 heavy (non-hydrogen) atoms. The third-order valence-corrected chi connectivity index (χ3v) is 4.49. The minimum atomic E-state index is 0. The van der Waals surface area contributed by atoms with Crippen molar-refractivity contribution >= 4 is 36.5 Å². The summed E-state index contributed by atoms with van der Waals surface area (Å²) in [6.45, 7) is 8.91. The lowest BCUT2D eigenvalue weighted by Gasteiger charge is -2.32. The second kappa shape index (κ2) is 12.3. The van der Waals surface area contributed by atoms with Crippen molar-refractivity contribution < 1.29 is 4.79 Å². The molecular formula is C18H32Cl2N4O. The van der Waals surface area contributed by atoms with Crippen LogP contribution in [0.2, 0.25) is 0 Å². The van der Waals surface area contributed by atoms with E-state index in [4.69, 9.17) is 0 Å². The molecule has 0 radical (unpaired) electrons. The molecule has 0 aromatic carbocycles. The van der Waals surface area contributed by atoms with Crippen LogP contribution in [0.5, 0.6) is 0 Å². The van der Waals surface area contributed by atoms with Crippen molar-refractivity contribution in [3.8, 4) is 0 Å². The fraction of sp³-hybridized carbons (Fsp3) is 0.667. The van der Waals surface area contributed by atoms with Gasteiger partial charge in [-0.05, 0) is 57.8 Å². The number of nitrogens with one attached hydrogen (secondary N) is 1. The molecule has 1 amide bonds. The van der Waals surface area contributed by atoms with Gasteiger partial charge in [-0.1, -0.05) is 6.92 Å². The summed E-state index contributed by atoms with van der Waals surface area (Å²) in [5, 5.41) is 3.22. The lowest BCUT2D eigenvalue weighted by Crippen LogP contribution is -2.42. The highest BCUT2D eigenvalue weighted by molar-refractivity contribution is 5.94. The Morgan fingerprint density at radius 3 is 2.68 bits per heavy atom. The van der Waals surface area contributed by atoms with Crippen LogP contribution in [0.4, 0.5) is 5.82 Å². The highest BCUT2D eigenvalue weighted by atomic mass is 35.5. The number of likely N-dealkylation sites (tertiary alicyclic amines) is 1. The fourth-order valence-electron chi connectivity index (χ4n) is 3.29. The number of rotatable bonds is 7. The molecule has 5 nitrogen and oxygen atoms in total. The number of carbonyl (C=O) groups is 1. The maximum absolute atomic E-state index is 12.7. The number of amides is 1. The van der Waals surface area contributed by atoms with Gasteiger partial charge in [0, 0.05) is 32.4 Å². The molecule has 1 aromatic heterocycles. The number of anilines is 1. The van der Waals surface area contributed by atoms with E-state index in [2.05, 4.69) is 29.0 Å². The highest BCUT2D eigenvalue weighted by Crippen LogP contribution is 2.19. The van der Waals surface area contributed by atoms with Crippen molar-refractivity contribution in [3.05, 3.63) is 23.9 Å². The van der Waals surface area contributed by atoms with Crippen LogP contribution in [-0.4, -0.2) is 55.6 Å². The molecule has 1 atom stereocenters. The van der Waals surface area contributed by atoms with Crippen LogP contribution in [0, 0.1) is 5.92 Å². The molecule has 1 unspecified atom stereocenters. The smallest absolute Gasteiger partial charge is 0.255 e. The first-order chi connectivity index (χ1) is 11.2. The summed E-state index contributed by atoms with van der Waals surface area (Å²) in [7, 11) is 1.97. The quantitative estimate of drug-likeness (QED) is 0.775. The Bertz CT molecular complexity index is 496. The molecule has 7 heteroatoms. The van der Waals surface area contributed by atoms with Crippen molar-refractivity contribution in [2.45, 2.75) is 33.1 Å². The van der Waals surface area contributed by atoms with Crippen molar-refractivity contribution in [2.75, 3.05) is 44.7 Å². The van der Waals surface area contributed by atoms with Gasteiger partial charge in [-0.15, -0.1) is 24.8 Å². The summed E-state index contributed by atoms with van der Waals surface area (Å²) in [6.07, 6.45) is 5.11. The van der Waals surface area contributed by atoms with Gasteiger partial charge >= 0.3 is 0 Å². The van der Waals surface area contributed by atoms with Crippen LogP contribution in [0.25, 0.3) is 0 Å². The Morgan fingerprint density at radius 1 is 1.36 bits per heavy atom. The van der Waals surface area contributed by atoms with Gasteiger partial charge in [0.05, 0.1) is 5.56 Å². The molecule has 0 bridgehead atoms. The van der Waals surface area contributed by atoms with Crippen LogP contribution < -0.4 is 10.2 Å². The van der Waals surface area contributed by atoms with Crippen LogP contribution in [0.3, 0.4) is 0 Å². The average Bonchev–Trinajstić information content (AvgIpc) is 2.60. The van der Waals surface area contributed by atoms with Gasteiger partial charge in [0.2, 0.25) is 0 Å². The highest BCUT2D eigenvalue weighted by Gasteiger charge is 2.24. The molecule has 0 spiro atoms. The molecule has 1 aliphatic heterocycles. The lowest BCUT2D eigenvalue weighted by atomic mass is 9.97. The summed E-state index contributed by atoms with van der Waals surface area (Å²) < 4.78 is 0. The van der Waals surface area contributed by atoms with Gasteiger partial charge in [0.1, 0.15) is 5.82 Å². The fourth-order valence-corrected chi connectivity index (χ4v) is 3.29. The van der Waals surface area contributed by atoms with E-state index in [-0.39, 0.29) is 30.7 Å². The number of carbonyl (C=O) groups excluding carboxylic acids is 1. The van der Waals surface area contributed by atoms with Crippen molar-refractivity contribution in [1.29, 1.82) is 0 Å². The van der Waals surface area contributed by atoms with E-state index in [0.29, 0.717) is 11.5 Å². The van der Waals surface area contributed by atoms with Crippen LogP contribution in [-0.2, 0) is 0 Å². The molecule has 0 saturated carbocycles. The maximum atomic E-state index is 12.7. The molecule has 1 aliphatic rings. The van der Waals surface area contributed by atoms with E-state index in [1.807, 2.05) is 24.1 Å². The summed E-state index contributed by atoms with van der Waals surface area (Å²) in [5.41, 5.74) is 0.700. The van der Waals surface area contributed by atoms with Gasteiger partial charge in [-0.3, -0.25) is 4.79 Å². The van der Waals surface area contributed by atoms with Gasteiger partial charge in [-0.2, -0.15) is 0 Å². The molecule has 0 aliphatic carbocycles. The number of aromatic nitrogens is 1. The van der Waals surface area contributed by atoms with E-state index in [9.17, 15) is 4.79 Å². The summed E-state index contributed by atoms with van der Waals surface area (Å²) >= 11 is 0. The molecule has 1 N–H and O–H groups in total. The number of halogens is 2. The molecule has 2 heterocycles. The van der Waals surface area contributed by atoms with Gasteiger partial charge in [0.25, 0.3) is 5.91 Å². The topological polar surface area (TPSA) is 48.5 Å². The van der Waals surface area contributed by atoms with Crippen molar-refractivity contribution in [1.82, 2.24) is 15.2 Å². The van der Waals surface area contributed by atoms with Crippen LogP contribution >= 0.6 is 24.8 Å². The zero-order valence-corrected chi connectivity index (χ0v) is 17.2. The third-order valence-electron chi connectivity index (χ3n) is 4.49. The molecule has 1 fully saturated rings. The Balaban J connectivity index is 0.00000288. The first-order valence-corrected chi connectivity index (χ1v) is 8.84. The summed E-state index contributed by atoms with van der Waals surface area (Å²) in [4.78, 5) is 21.4. The largest absolute Gasteiger partial charge is 0.357 e. The Kier molecular flexibility index (Phi) is 11.8. The van der Waals surface area contributed by atoms with E-state index in [1.54, 1.807) is 6.20 Å². The maximum Gasteiger partial charge on any atom is 0.255 e. The zero-order chi connectivity index (χ0) is 16.7. The van der Waals surface area contributed by atoms with Gasteiger partial charge < -0.3 is 15.1 Å². The molecule has 2 rings (SSSR count). The van der Waals surface area contributed by atoms with E-state index in [1.165, 1.54) is 6.42 Å². The average molecular weight is 391 g/mol. The predicted molar refractivity (Wildman–Crippen MR) is 109 cm³/mol. The van der Waals surface area contributed by atoms with Crippen molar-refractivity contribution in [2.24, 2.45) is 5.92 Å². The van der Waals surface area contributed by atoms with Gasteiger partial charge in [-0.25, -0.2) is 4.98 Å². The number of hydrogen-bond acceptors (Lipinski definition) is 4. The van der Waals surface area contributed by atoms with Gasteiger partial charge in [0.15, 0.2) is 0 Å². The molecule has 1 saturated heterocycles.